The molecule has 0 atom stereocenters. The highest BCUT2D eigenvalue weighted by Crippen LogP contribution is 2.36. The SMILES string of the molecule is CCOc1c(Cl)cc(C(=O)Nc2cccc(NC(C)=O)c2)cc1OC. The van der Waals surface area contributed by atoms with Crippen molar-refractivity contribution in [2.75, 3.05) is 24.4 Å². The molecule has 25 heavy (non-hydrogen) atoms. The van der Waals surface area contributed by atoms with Crippen molar-refractivity contribution in [3.05, 3.63) is 47.0 Å². The molecule has 0 fully saturated rings. The van der Waals surface area contributed by atoms with Gasteiger partial charge in [-0.05, 0) is 37.3 Å². The van der Waals surface area contributed by atoms with Crippen LogP contribution in [0.3, 0.4) is 0 Å². The molecule has 0 aliphatic carbocycles. The highest BCUT2D eigenvalue weighted by molar-refractivity contribution is 6.32. The Bertz CT molecular complexity index is 793. The van der Waals surface area contributed by atoms with Crippen LogP contribution < -0.4 is 20.1 Å². The van der Waals surface area contributed by atoms with Gasteiger partial charge in [0.2, 0.25) is 5.91 Å². The first kappa shape index (κ1) is 18.6. The van der Waals surface area contributed by atoms with Crippen molar-refractivity contribution < 1.29 is 19.1 Å². The van der Waals surface area contributed by atoms with Crippen LogP contribution in [-0.2, 0) is 4.79 Å². The molecule has 6 nitrogen and oxygen atoms in total. The summed E-state index contributed by atoms with van der Waals surface area (Å²) in [4.78, 5) is 23.6. The molecule has 7 heteroatoms. The van der Waals surface area contributed by atoms with Gasteiger partial charge in [-0.25, -0.2) is 0 Å². The fourth-order valence-electron chi connectivity index (χ4n) is 2.22. The average Bonchev–Trinajstić information content (AvgIpc) is 2.56. The highest BCUT2D eigenvalue weighted by atomic mass is 35.5. The van der Waals surface area contributed by atoms with E-state index in [-0.39, 0.29) is 11.8 Å². The standard InChI is InChI=1S/C18H19ClN2O4/c1-4-25-17-15(19)8-12(9-16(17)24-3)18(23)21-14-7-5-6-13(10-14)20-11(2)22/h5-10H,4H2,1-3H3,(H,20,22)(H,21,23). The number of ether oxygens (including phenoxy) is 2. The van der Waals surface area contributed by atoms with Gasteiger partial charge < -0.3 is 20.1 Å². The smallest absolute Gasteiger partial charge is 0.255 e. The zero-order valence-electron chi connectivity index (χ0n) is 14.2. The van der Waals surface area contributed by atoms with E-state index in [1.807, 2.05) is 6.92 Å². The summed E-state index contributed by atoms with van der Waals surface area (Å²) in [5.74, 6) is 0.233. The molecule has 0 spiro atoms. The molecule has 0 saturated carbocycles. The molecule has 132 valence electrons. The molecular weight excluding hydrogens is 344 g/mol. The van der Waals surface area contributed by atoms with Crippen molar-refractivity contribution in [2.24, 2.45) is 0 Å². The van der Waals surface area contributed by atoms with E-state index < -0.39 is 0 Å². The number of methoxy groups -OCH3 is 1. The number of rotatable bonds is 6. The lowest BCUT2D eigenvalue weighted by molar-refractivity contribution is -0.114. The molecule has 0 heterocycles. The van der Waals surface area contributed by atoms with Crippen LogP contribution in [-0.4, -0.2) is 25.5 Å². The van der Waals surface area contributed by atoms with Crippen LogP contribution in [0.1, 0.15) is 24.2 Å². The highest BCUT2D eigenvalue weighted by Gasteiger charge is 2.16. The van der Waals surface area contributed by atoms with E-state index in [1.54, 1.807) is 30.3 Å². The fraction of sp³-hybridized carbons (Fsp3) is 0.222. The summed E-state index contributed by atoms with van der Waals surface area (Å²) in [6.07, 6.45) is 0. The third kappa shape index (κ3) is 4.87. The minimum atomic E-state index is -0.358. The number of hydrogen-bond acceptors (Lipinski definition) is 4. The third-order valence-electron chi connectivity index (χ3n) is 3.22. The summed E-state index contributed by atoms with van der Waals surface area (Å²) in [6, 6.07) is 9.91. The summed E-state index contributed by atoms with van der Waals surface area (Å²) >= 11 is 6.19. The van der Waals surface area contributed by atoms with Crippen LogP contribution in [0.5, 0.6) is 11.5 Å². The first-order valence-electron chi connectivity index (χ1n) is 7.64. The van der Waals surface area contributed by atoms with Crippen molar-refractivity contribution in [3.63, 3.8) is 0 Å². The zero-order valence-corrected chi connectivity index (χ0v) is 14.9. The number of hydrogen-bond donors (Lipinski definition) is 2. The lowest BCUT2D eigenvalue weighted by Crippen LogP contribution is -2.13. The van der Waals surface area contributed by atoms with Crippen LogP contribution in [0.15, 0.2) is 36.4 Å². The number of amides is 2. The summed E-state index contributed by atoms with van der Waals surface area (Å²) in [7, 11) is 1.48. The maximum atomic E-state index is 12.5. The first-order valence-corrected chi connectivity index (χ1v) is 8.01. The molecule has 0 aliphatic heterocycles. The van der Waals surface area contributed by atoms with E-state index in [0.717, 1.165) is 0 Å². The Morgan fingerprint density at radius 1 is 1.12 bits per heavy atom. The minimum absolute atomic E-state index is 0.188. The maximum absolute atomic E-state index is 12.5. The second kappa shape index (κ2) is 8.39. The van der Waals surface area contributed by atoms with Gasteiger partial charge in [0, 0.05) is 23.9 Å². The van der Waals surface area contributed by atoms with Crippen molar-refractivity contribution in [1.82, 2.24) is 0 Å². The van der Waals surface area contributed by atoms with Gasteiger partial charge in [-0.15, -0.1) is 0 Å². The summed E-state index contributed by atoms with van der Waals surface area (Å²) in [6.45, 7) is 3.68. The second-order valence-corrected chi connectivity index (χ2v) is 5.55. The molecular formula is C18H19ClN2O4. The van der Waals surface area contributed by atoms with Gasteiger partial charge in [0.25, 0.3) is 5.91 Å². The van der Waals surface area contributed by atoms with Crippen LogP contribution in [0.4, 0.5) is 11.4 Å². The fourth-order valence-corrected chi connectivity index (χ4v) is 2.48. The molecule has 0 aliphatic rings. The quantitative estimate of drug-likeness (QED) is 0.815. The third-order valence-corrected chi connectivity index (χ3v) is 3.50. The molecule has 0 unspecified atom stereocenters. The maximum Gasteiger partial charge on any atom is 0.255 e. The van der Waals surface area contributed by atoms with Crippen LogP contribution in [0, 0.1) is 0 Å². The van der Waals surface area contributed by atoms with E-state index in [2.05, 4.69) is 10.6 Å². The van der Waals surface area contributed by atoms with Gasteiger partial charge in [0.05, 0.1) is 18.7 Å². The van der Waals surface area contributed by atoms with Gasteiger partial charge in [-0.3, -0.25) is 9.59 Å². The van der Waals surface area contributed by atoms with Gasteiger partial charge in [-0.1, -0.05) is 17.7 Å². The Kier molecular flexibility index (Phi) is 6.25. The Labute approximate surface area is 151 Å². The average molecular weight is 363 g/mol. The number of nitrogens with one attached hydrogen (secondary N) is 2. The molecule has 2 aromatic rings. The van der Waals surface area contributed by atoms with E-state index in [4.69, 9.17) is 21.1 Å². The van der Waals surface area contributed by atoms with E-state index in [1.165, 1.54) is 20.1 Å². The van der Waals surface area contributed by atoms with Gasteiger partial charge in [-0.2, -0.15) is 0 Å². The Hall–Kier alpha value is -2.73. The van der Waals surface area contributed by atoms with Gasteiger partial charge in [0.15, 0.2) is 11.5 Å². The first-order chi connectivity index (χ1) is 11.9. The van der Waals surface area contributed by atoms with E-state index >= 15 is 0 Å². The predicted octanol–water partition coefficient (Wildman–Crippen LogP) is 3.96. The minimum Gasteiger partial charge on any atom is -0.493 e. The summed E-state index contributed by atoms with van der Waals surface area (Å²) in [5, 5.41) is 5.71. The lowest BCUT2D eigenvalue weighted by Gasteiger charge is -2.13. The molecule has 0 bridgehead atoms. The number of anilines is 2. The molecule has 2 N–H and O–H groups in total. The van der Waals surface area contributed by atoms with Crippen molar-refractivity contribution in [3.8, 4) is 11.5 Å². The van der Waals surface area contributed by atoms with Crippen LogP contribution in [0.2, 0.25) is 5.02 Å². The summed E-state index contributed by atoms with van der Waals surface area (Å²) < 4.78 is 10.7. The molecule has 0 saturated heterocycles. The largest absolute Gasteiger partial charge is 0.493 e. The van der Waals surface area contributed by atoms with E-state index in [0.29, 0.717) is 40.1 Å². The number of halogens is 1. The number of carbonyl (C=O) groups excluding carboxylic acids is 2. The van der Waals surface area contributed by atoms with Crippen LogP contribution >= 0.6 is 11.6 Å². The molecule has 0 radical (unpaired) electrons. The summed E-state index contributed by atoms with van der Waals surface area (Å²) in [5.41, 5.74) is 1.46. The van der Waals surface area contributed by atoms with Crippen molar-refractivity contribution in [2.45, 2.75) is 13.8 Å². The van der Waals surface area contributed by atoms with Crippen molar-refractivity contribution in [1.29, 1.82) is 0 Å². The molecule has 0 aromatic heterocycles. The lowest BCUT2D eigenvalue weighted by atomic mass is 10.1. The van der Waals surface area contributed by atoms with Gasteiger partial charge >= 0.3 is 0 Å². The normalized spacial score (nSPS) is 10.1. The zero-order chi connectivity index (χ0) is 18.4. The molecule has 2 aromatic carbocycles. The predicted molar refractivity (Wildman–Crippen MR) is 97.9 cm³/mol. The Morgan fingerprint density at radius 2 is 1.80 bits per heavy atom. The topological polar surface area (TPSA) is 76.7 Å². The Morgan fingerprint density at radius 3 is 2.40 bits per heavy atom. The Balaban J connectivity index is 2.23. The van der Waals surface area contributed by atoms with Gasteiger partial charge in [0.1, 0.15) is 0 Å². The molecule has 2 rings (SSSR count). The number of benzene rings is 2. The van der Waals surface area contributed by atoms with Crippen molar-refractivity contribution >= 4 is 34.8 Å². The second-order valence-electron chi connectivity index (χ2n) is 5.14. The van der Waals surface area contributed by atoms with E-state index in [9.17, 15) is 9.59 Å². The van der Waals surface area contributed by atoms with Crippen LogP contribution in [0.25, 0.3) is 0 Å². The molecule has 2 amide bonds. The monoisotopic (exact) mass is 362 g/mol. The number of carbonyl (C=O) groups is 2.